The Bertz CT molecular complexity index is 576. The van der Waals surface area contributed by atoms with Crippen LogP contribution in [-0.2, 0) is 0 Å². The van der Waals surface area contributed by atoms with E-state index in [-0.39, 0.29) is 18.4 Å². The average Bonchev–Trinajstić information content (AvgIpc) is 3.20. The maximum absolute atomic E-state index is 12.6. The Morgan fingerprint density at radius 3 is 2.76 bits per heavy atom. The van der Waals surface area contributed by atoms with Crippen molar-refractivity contribution >= 4 is 5.91 Å². The van der Waals surface area contributed by atoms with Crippen molar-refractivity contribution in [2.45, 2.75) is 6.42 Å². The zero-order valence-corrected chi connectivity index (χ0v) is 15.2. The highest BCUT2D eigenvalue weighted by atomic mass is 16.6. The zero-order chi connectivity index (χ0) is 17.8. The molecule has 3 heterocycles. The lowest BCUT2D eigenvalue weighted by atomic mass is 9.96. The molecule has 0 aliphatic carbocycles. The van der Waals surface area contributed by atoms with Gasteiger partial charge < -0.3 is 29.0 Å². The molecule has 0 unspecified atom stereocenters. The van der Waals surface area contributed by atoms with E-state index in [4.69, 9.17) is 9.15 Å². The molecule has 1 N–H and O–H groups in total. The van der Waals surface area contributed by atoms with Gasteiger partial charge in [-0.1, -0.05) is 0 Å². The highest BCUT2D eigenvalue weighted by molar-refractivity contribution is 5.91. The van der Waals surface area contributed by atoms with Crippen LogP contribution >= 0.6 is 0 Å². The van der Waals surface area contributed by atoms with Crippen molar-refractivity contribution < 1.29 is 19.1 Å². The summed E-state index contributed by atoms with van der Waals surface area (Å²) in [6, 6.07) is 3.30. The fraction of sp³-hybridized carbons (Fsp3) is 0.722. The van der Waals surface area contributed by atoms with E-state index in [2.05, 4.69) is 16.8 Å². The average molecular weight is 351 g/mol. The van der Waals surface area contributed by atoms with Gasteiger partial charge in [0.2, 0.25) is 0 Å². The number of aliphatic hydroxyl groups is 1. The zero-order valence-electron chi connectivity index (χ0n) is 15.2. The highest BCUT2D eigenvalue weighted by Gasteiger charge is 2.37. The summed E-state index contributed by atoms with van der Waals surface area (Å²) < 4.78 is 10.4. The molecule has 7 heteroatoms. The van der Waals surface area contributed by atoms with E-state index in [1.165, 1.54) is 13.5 Å². The van der Waals surface area contributed by atoms with Crippen LogP contribution in [0.2, 0.25) is 0 Å². The summed E-state index contributed by atoms with van der Waals surface area (Å²) in [5.41, 5.74) is 0. The number of ether oxygens (including phenoxy) is 1. The van der Waals surface area contributed by atoms with Gasteiger partial charge in [0.15, 0.2) is 5.76 Å². The lowest BCUT2D eigenvalue weighted by molar-refractivity contribution is 0.0741. The Morgan fingerprint density at radius 1 is 1.24 bits per heavy atom. The van der Waals surface area contributed by atoms with Gasteiger partial charge in [0.05, 0.1) is 7.11 Å². The van der Waals surface area contributed by atoms with Gasteiger partial charge in [-0.3, -0.25) is 4.79 Å². The maximum atomic E-state index is 12.6. The number of likely N-dealkylation sites (tertiary alicyclic amines) is 1. The minimum Gasteiger partial charge on any atom is -0.468 e. The first kappa shape index (κ1) is 18.2. The summed E-state index contributed by atoms with van der Waals surface area (Å²) in [7, 11) is 3.67. The third kappa shape index (κ3) is 4.34. The minimum atomic E-state index is -0.125. The molecular formula is C18H29N3O4. The minimum absolute atomic E-state index is 0.115. The van der Waals surface area contributed by atoms with E-state index in [0.717, 1.165) is 32.7 Å². The molecule has 0 aromatic carbocycles. The fourth-order valence-electron chi connectivity index (χ4n) is 3.83. The Morgan fingerprint density at radius 2 is 2.04 bits per heavy atom. The van der Waals surface area contributed by atoms with Crippen molar-refractivity contribution in [2.75, 3.05) is 66.6 Å². The van der Waals surface area contributed by atoms with Crippen molar-refractivity contribution in [1.82, 2.24) is 14.7 Å². The van der Waals surface area contributed by atoms with Crippen LogP contribution < -0.4 is 4.74 Å². The molecule has 1 aromatic rings. The van der Waals surface area contributed by atoms with E-state index in [1.807, 2.05) is 0 Å². The number of hydrogen-bond donors (Lipinski definition) is 1. The van der Waals surface area contributed by atoms with E-state index in [0.29, 0.717) is 30.7 Å². The molecule has 0 saturated carbocycles. The first-order chi connectivity index (χ1) is 12.1. The molecule has 1 amide bonds. The Balaban J connectivity index is 1.60. The summed E-state index contributed by atoms with van der Waals surface area (Å²) in [5, 5.41) is 9.77. The number of methoxy groups -OCH3 is 1. The number of nitrogens with zero attached hydrogens (tertiary/aromatic N) is 3. The first-order valence-corrected chi connectivity index (χ1v) is 9.05. The van der Waals surface area contributed by atoms with Crippen molar-refractivity contribution in [3.63, 3.8) is 0 Å². The summed E-state index contributed by atoms with van der Waals surface area (Å²) >= 11 is 0. The van der Waals surface area contributed by atoms with E-state index >= 15 is 0 Å². The molecule has 2 aliphatic rings. The van der Waals surface area contributed by atoms with Crippen LogP contribution in [0.15, 0.2) is 16.5 Å². The van der Waals surface area contributed by atoms with Gasteiger partial charge in [-0.05, 0) is 38.5 Å². The van der Waals surface area contributed by atoms with Gasteiger partial charge in [-0.2, -0.15) is 0 Å². The lowest BCUT2D eigenvalue weighted by Crippen LogP contribution is -2.36. The highest BCUT2D eigenvalue weighted by Crippen LogP contribution is 2.27. The van der Waals surface area contributed by atoms with Crippen LogP contribution in [0.4, 0.5) is 0 Å². The second-order valence-corrected chi connectivity index (χ2v) is 7.19. The Kier molecular flexibility index (Phi) is 5.98. The largest absolute Gasteiger partial charge is 0.468 e. The molecule has 2 aliphatic heterocycles. The molecule has 140 valence electrons. The molecule has 2 saturated heterocycles. The molecule has 2 atom stereocenters. The number of furan rings is 1. The monoisotopic (exact) mass is 351 g/mol. The normalized spacial score (nSPS) is 26.0. The third-order valence-corrected chi connectivity index (χ3v) is 5.40. The van der Waals surface area contributed by atoms with E-state index < -0.39 is 0 Å². The van der Waals surface area contributed by atoms with Crippen LogP contribution in [0.5, 0.6) is 5.95 Å². The summed E-state index contributed by atoms with van der Waals surface area (Å²) in [5.74, 6) is 0.938. The predicted octanol–water partition coefficient (Wildman–Crippen LogP) is 0.606. The van der Waals surface area contributed by atoms with Crippen LogP contribution in [0.1, 0.15) is 17.0 Å². The van der Waals surface area contributed by atoms with Crippen molar-refractivity contribution in [1.29, 1.82) is 0 Å². The molecule has 3 rings (SSSR count). The predicted molar refractivity (Wildman–Crippen MR) is 93.8 cm³/mol. The molecule has 1 aromatic heterocycles. The smallest absolute Gasteiger partial charge is 0.289 e. The molecule has 2 fully saturated rings. The van der Waals surface area contributed by atoms with Gasteiger partial charge in [-0.15, -0.1) is 0 Å². The van der Waals surface area contributed by atoms with Gasteiger partial charge in [0, 0.05) is 51.3 Å². The van der Waals surface area contributed by atoms with E-state index in [1.54, 1.807) is 17.0 Å². The lowest BCUT2D eigenvalue weighted by Gasteiger charge is -2.26. The van der Waals surface area contributed by atoms with Crippen LogP contribution in [-0.4, -0.2) is 92.3 Å². The fourth-order valence-corrected chi connectivity index (χ4v) is 3.83. The molecule has 25 heavy (non-hydrogen) atoms. The van der Waals surface area contributed by atoms with Crippen LogP contribution in [0.25, 0.3) is 0 Å². The number of carbonyl (C=O) groups is 1. The molecule has 0 bridgehead atoms. The van der Waals surface area contributed by atoms with Gasteiger partial charge in [0.25, 0.3) is 11.9 Å². The number of rotatable bonds is 5. The second-order valence-electron chi connectivity index (χ2n) is 7.19. The number of aliphatic hydroxyl groups excluding tert-OH is 1. The molecule has 0 radical (unpaired) electrons. The van der Waals surface area contributed by atoms with E-state index in [9.17, 15) is 9.90 Å². The molecule has 7 nitrogen and oxygen atoms in total. The van der Waals surface area contributed by atoms with Gasteiger partial charge in [0.1, 0.15) is 0 Å². The molecular weight excluding hydrogens is 322 g/mol. The second kappa shape index (κ2) is 8.21. The van der Waals surface area contributed by atoms with Crippen molar-refractivity contribution in [3.05, 3.63) is 17.9 Å². The third-order valence-electron chi connectivity index (χ3n) is 5.40. The quantitative estimate of drug-likeness (QED) is 0.838. The number of hydrogen-bond acceptors (Lipinski definition) is 6. The summed E-state index contributed by atoms with van der Waals surface area (Å²) in [6.45, 7) is 6.64. The van der Waals surface area contributed by atoms with Crippen LogP contribution in [0, 0.1) is 11.8 Å². The topological polar surface area (TPSA) is 69.4 Å². The SMILES string of the molecule is COc1ccc(C(=O)N2C[C@@H](CN3CCCN(C)CC3)[C@@H](CO)C2)o1. The number of carbonyl (C=O) groups excluding carboxylic acids is 1. The van der Waals surface area contributed by atoms with Crippen molar-refractivity contribution in [2.24, 2.45) is 11.8 Å². The Labute approximate surface area is 149 Å². The summed E-state index contributed by atoms with van der Waals surface area (Å²) in [6.07, 6.45) is 1.17. The van der Waals surface area contributed by atoms with Crippen molar-refractivity contribution in [3.8, 4) is 5.95 Å². The van der Waals surface area contributed by atoms with Crippen LogP contribution in [0.3, 0.4) is 0 Å². The Hall–Kier alpha value is -1.57. The first-order valence-electron chi connectivity index (χ1n) is 9.05. The number of amides is 1. The summed E-state index contributed by atoms with van der Waals surface area (Å²) in [4.78, 5) is 19.3. The van der Waals surface area contributed by atoms with Gasteiger partial charge >= 0.3 is 0 Å². The van der Waals surface area contributed by atoms with Gasteiger partial charge in [-0.25, -0.2) is 0 Å². The number of likely N-dealkylation sites (N-methyl/N-ethyl adjacent to an activating group) is 1. The molecule has 0 spiro atoms. The maximum Gasteiger partial charge on any atom is 0.289 e. The standard InChI is InChI=1S/C18H29N3O4/c1-19-6-3-7-20(9-8-19)10-14-11-21(12-15(14)13-22)18(23)16-4-5-17(24-2)25-16/h4-5,14-15,22H,3,6-13H2,1-2H3/t14-,15-/m1/s1.